The van der Waals surface area contributed by atoms with Gasteiger partial charge in [-0.1, -0.05) is 30.7 Å². The van der Waals surface area contributed by atoms with Crippen LogP contribution in [0.2, 0.25) is 5.02 Å². The van der Waals surface area contributed by atoms with Crippen LogP contribution in [0.4, 0.5) is 0 Å². The van der Waals surface area contributed by atoms with Crippen molar-refractivity contribution in [1.29, 1.82) is 0 Å². The quantitative estimate of drug-likeness (QED) is 0.833. The second kappa shape index (κ2) is 7.39. The summed E-state index contributed by atoms with van der Waals surface area (Å²) in [6.07, 6.45) is 0.912. The minimum absolute atomic E-state index is 0.0190. The molecule has 0 heterocycles. The van der Waals surface area contributed by atoms with Crippen molar-refractivity contribution in [3.63, 3.8) is 0 Å². The average Bonchev–Trinajstić information content (AvgIpc) is 2.29. The van der Waals surface area contributed by atoms with Gasteiger partial charge in [0.05, 0.1) is 6.54 Å². The van der Waals surface area contributed by atoms with Crippen LogP contribution >= 0.6 is 11.6 Å². The number of hydrogen-bond donors (Lipinski definition) is 2. The molecule has 0 aliphatic carbocycles. The molecule has 0 aromatic heterocycles. The van der Waals surface area contributed by atoms with Gasteiger partial charge in [-0.3, -0.25) is 4.79 Å². The van der Waals surface area contributed by atoms with Crippen LogP contribution in [0.3, 0.4) is 0 Å². The first-order valence-electron chi connectivity index (χ1n) is 6.31. The van der Waals surface area contributed by atoms with E-state index in [2.05, 4.69) is 17.6 Å². The molecule has 1 amide bonds. The summed E-state index contributed by atoms with van der Waals surface area (Å²) in [5.74, 6) is 0.0190. The number of carbonyl (C=O) groups excluding carboxylic acids is 1. The molecule has 0 saturated carbocycles. The molecule has 4 heteroatoms. The van der Waals surface area contributed by atoms with Gasteiger partial charge in [-0.25, -0.2) is 0 Å². The van der Waals surface area contributed by atoms with Crippen molar-refractivity contribution in [2.24, 2.45) is 0 Å². The maximum Gasteiger partial charge on any atom is 0.234 e. The van der Waals surface area contributed by atoms with E-state index in [-0.39, 0.29) is 18.0 Å². The van der Waals surface area contributed by atoms with E-state index in [1.165, 1.54) is 0 Å². The van der Waals surface area contributed by atoms with Crippen molar-refractivity contribution in [2.45, 2.75) is 39.3 Å². The Bertz CT molecular complexity index is 393. The fourth-order valence-corrected chi connectivity index (χ4v) is 2.01. The standard InChI is InChI=1S/C14H21ClN2O/c1-4-13(11-6-5-7-12(15)8-11)16-9-14(18)17-10(2)3/h5-8,10,13,16H,4,9H2,1-3H3,(H,17,18). The SMILES string of the molecule is CCC(NCC(=O)NC(C)C)c1cccc(Cl)c1. The second-order valence-corrected chi connectivity index (χ2v) is 5.06. The summed E-state index contributed by atoms with van der Waals surface area (Å²) in [6.45, 7) is 6.31. The van der Waals surface area contributed by atoms with E-state index in [4.69, 9.17) is 11.6 Å². The molecular formula is C14H21ClN2O. The lowest BCUT2D eigenvalue weighted by Gasteiger charge is -2.18. The van der Waals surface area contributed by atoms with E-state index in [1.54, 1.807) is 0 Å². The van der Waals surface area contributed by atoms with E-state index < -0.39 is 0 Å². The first-order valence-corrected chi connectivity index (χ1v) is 6.69. The molecule has 2 N–H and O–H groups in total. The molecule has 0 saturated heterocycles. The van der Waals surface area contributed by atoms with Crippen LogP contribution in [0, 0.1) is 0 Å². The molecule has 0 bridgehead atoms. The molecule has 1 aromatic rings. The predicted octanol–water partition coefficient (Wildman–Crippen LogP) is 2.91. The lowest BCUT2D eigenvalue weighted by atomic mass is 10.0. The number of hydrogen-bond acceptors (Lipinski definition) is 2. The second-order valence-electron chi connectivity index (χ2n) is 4.62. The highest BCUT2D eigenvalue weighted by atomic mass is 35.5. The Kier molecular flexibility index (Phi) is 6.16. The number of rotatable bonds is 6. The molecular weight excluding hydrogens is 248 g/mol. The normalized spacial score (nSPS) is 12.5. The molecule has 1 aromatic carbocycles. The average molecular weight is 269 g/mol. The molecule has 0 fully saturated rings. The summed E-state index contributed by atoms with van der Waals surface area (Å²) in [6, 6.07) is 8.06. The topological polar surface area (TPSA) is 41.1 Å². The number of halogens is 1. The highest BCUT2D eigenvalue weighted by Gasteiger charge is 2.11. The summed E-state index contributed by atoms with van der Waals surface area (Å²) >= 11 is 5.97. The largest absolute Gasteiger partial charge is 0.353 e. The maximum atomic E-state index is 11.6. The van der Waals surface area contributed by atoms with E-state index in [0.29, 0.717) is 6.54 Å². The lowest BCUT2D eigenvalue weighted by Crippen LogP contribution is -2.38. The van der Waals surface area contributed by atoms with Gasteiger partial charge in [0.1, 0.15) is 0 Å². The van der Waals surface area contributed by atoms with Gasteiger partial charge < -0.3 is 10.6 Å². The molecule has 0 aliphatic rings. The van der Waals surface area contributed by atoms with E-state index in [9.17, 15) is 4.79 Å². The number of benzene rings is 1. The molecule has 1 unspecified atom stereocenters. The van der Waals surface area contributed by atoms with Crippen LogP contribution < -0.4 is 10.6 Å². The Morgan fingerprint density at radius 2 is 2.11 bits per heavy atom. The Hall–Kier alpha value is -1.06. The third-order valence-corrected chi connectivity index (χ3v) is 2.85. The fraction of sp³-hybridized carbons (Fsp3) is 0.500. The molecule has 18 heavy (non-hydrogen) atoms. The number of carbonyl (C=O) groups is 1. The minimum atomic E-state index is 0.0190. The van der Waals surface area contributed by atoms with E-state index >= 15 is 0 Å². The van der Waals surface area contributed by atoms with Crippen LogP contribution in [0.5, 0.6) is 0 Å². The molecule has 100 valence electrons. The number of nitrogens with one attached hydrogen (secondary N) is 2. The Balaban J connectivity index is 2.55. The van der Waals surface area contributed by atoms with E-state index in [0.717, 1.165) is 17.0 Å². The summed E-state index contributed by atoms with van der Waals surface area (Å²) < 4.78 is 0. The molecule has 0 aliphatic heterocycles. The van der Waals surface area contributed by atoms with Gasteiger partial charge >= 0.3 is 0 Å². The Morgan fingerprint density at radius 1 is 1.39 bits per heavy atom. The Labute approximate surface area is 114 Å². The lowest BCUT2D eigenvalue weighted by molar-refractivity contribution is -0.120. The van der Waals surface area contributed by atoms with E-state index in [1.807, 2.05) is 38.1 Å². The van der Waals surface area contributed by atoms with Crippen molar-refractivity contribution >= 4 is 17.5 Å². The van der Waals surface area contributed by atoms with Gasteiger partial charge in [-0.15, -0.1) is 0 Å². The monoisotopic (exact) mass is 268 g/mol. The molecule has 0 spiro atoms. The van der Waals surface area contributed by atoms with Crippen LogP contribution in [0.1, 0.15) is 38.8 Å². The molecule has 3 nitrogen and oxygen atoms in total. The van der Waals surface area contributed by atoms with Crippen molar-refractivity contribution in [1.82, 2.24) is 10.6 Å². The summed E-state index contributed by atoms with van der Waals surface area (Å²) in [5, 5.41) is 6.83. The third kappa shape index (κ3) is 5.07. The first-order chi connectivity index (χ1) is 8.52. The van der Waals surface area contributed by atoms with Crippen LogP contribution in [-0.2, 0) is 4.79 Å². The zero-order chi connectivity index (χ0) is 13.5. The summed E-state index contributed by atoms with van der Waals surface area (Å²) in [5.41, 5.74) is 1.11. The van der Waals surface area contributed by atoms with Gasteiger partial charge in [-0.2, -0.15) is 0 Å². The molecule has 1 atom stereocenters. The maximum absolute atomic E-state index is 11.6. The van der Waals surface area contributed by atoms with Gasteiger partial charge in [0.15, 0.2) is 0 Å². The summed E-state index contributed by atoms with van der Waals surface area (Å²) in [4.78, 5) is 11.6. The van der Waals surface area contributed by atoms with Crippen molar-refractivity contribution < 1.29 is 4.79 Å². The van der Waals surface area contributed by atoms with Gasteiger partial charge in [0.25, 0.3) is 0 Å². The van der Waals surface area contributed by atoms with Crippen molar-refractivity contribution in [2.75, 3.05) is 6.54 Å². The van der Waals surface area contributed by atoms with Gasteiger partial charge in [0, 0.05) is 17.1 Å². The molecule has 0 radical (unpaired) electrons. The highest BCUT2D eigenvalue weighted by Crippen LogP contribution is 2.19. The zero-order valence-electron chi connectivity index (χ0n) is 11.2. The molecule has 1 rings (SSSR count). The fourth-order valence-electron chi connectivity index (χ4n) is 1.81. The van der Waals surface area contributed by atoms with Crippen molar-refractivity contribution in [3.8, 4) is 0 Å². The highest BCUT2D eigenvalue weighted by molar-refractivity contribution is 6.30. The van der Waals surface area contributed by atoms with Crippen LogP contribution in [0.15, 0.2) is 24.3 Å². The zero-order valence-corrected chi connectivity index (χ0v) is 11.9. The van der Waals surface area contributed by atoms with Gasteiger partial charge in [-0.05, 0) is 38.0 Å². The third-order valence-electron chi connectivity index (χ3n) is 2.62. The number of amides is 1. The minimum Gasteiger partial charge on any atom is -0.353 e. The predicted molar refractivity (Wildman–Crippen MR) is 75.8 cm³/mol. The van der Waals surface area contributed by atoms with Gasteiger partial charge in [0.2, 0.25) is 5.91 Å². The smallest absolute Gasteiger partial charge is 0.234 e. The summed E-state index contributed by atoms with van der Waals surface area (Å²) in [7, 11) is 0. The first kappa shape index (κ1) is 15.0. The van der Waals surface area contributed by atoms with Crippen molar-refractivity contribution in [3.05, 3.63) is 34.9 Å². The van der Waals surface area contributed by atoms with Crippen LogP contribution in [0.25, 0.3) is 0 Å². The van der Waals surface area contributed by atoms with Crippen LogP contribution in [-0.4, -0.2) is 18.5 Å². The Morgan fingerprint density at radius 3 is 2.67 bits per heavy atom.